The molecule has 0 saturated carbocycles. The molecule has 0 radical (unpaired) electrons. The summed E-state index contributed by atoms with van der Waals surface area (Å²) in [6.07, 6.45) is 0. The zero-order valence-corrected chi connectivity index (χ0v) is 17.7. The van der Waals surface area contributed by atoms with Crippen molar-refractivity contribution in [3.8, 4) is 5.69 Å². The molecular formula is C25H21N3OS. The van der Waals surface area contributed by atoms with Crippen LogP contribution >= 0.6 is 11.8 Å². The van der Waals surface area contributed by atoms with Gasteiger partial charge in [-0.1, -0.05) is 72.4 Å². The van der Waals surface area contributed by atoms with Gasteiger partial charge in [0.25, 0.3) is 5.56 Å². The molecular weight excluding hydrogens is 390 g/mol. The summed E-state index contributed by atoms with van der Waals surface area (Å²) in [7, 11) is 0. The number of rotatable bonds is 4. The van der Waals surface area contributed by atoms with Crippen LogP contribution in [0.1, 0.15) is 16.7 Å². The van der Waals surface area contributed by atoms with Gasteiger partial charge >= 0.3 is 0 Å². The molecule has 0 aliphatic rings. The maximum Gasteiger partial charge on any atom is 0.283 e. The molecule has 0 atom stereocenters. The Bertz CT molecular complexity index is 1450. The van der Waals surface area contributed by atoms with Gasteiger partial charge in [0, 0.05) is 16.7 Å². The number of benzene rings is 3. The number of nitrogens with one attached hydrogen (secondary N) is 1. The number of para-hydroxylation sites is 2. The summed E-state index contributed by atoms with van der Waals surface area (Å²) in [4.78, 5) is 21.9. The van der Waals surface area contributed by atoms with Crippen molar-refractivity contribution in [3.63, 3.8) is 0 Å². The fraction of sp³-hybridized carbons (Fsp3) is 0.120. The largest absolute Gasteiger partial charge is 0.349 e. The zero-order chi connectivity index (χ0) is 20.7. The van der Waals surface area contributed by atoms with Gasteiger partial charge in [-0.3, -0.25) is 9.36 Å². The molecule has 1 N–H and O–H groups in total. The van der Waals surface area contributed by atoms with E-state index in [2.05, 4.69) is 24.0 Å². The van der Waals surface area contributed by atoms with Crippen molar-refractivity contribution in [2.75, 3.05) is 0 Å². The average molecular weight is 412 g/mol. The second kappa shape index (κ2) is 7.50. The number of nitrogens with zero attached hydrogens (tertiary/aromatic N) is 2. The van der Waals surface area contributed by atoms with Gasteiger partial charge in [-0.05, 0) is 42.7 Å². The second-order valence-corrected chi connectivity index (χ2v) is 8.37. The fourth-order valence-corrected chi connectivity index (χ4v) is 4.85. The van der Waals surface area contributed by atoms with Gasteiger partial charge in [0.15, 0.2) is 5.16 Å². The Kier molecular flexibility index (Phi) is 4.68. The van der Waals surface area contributed by atoms with E-state index in [-0.39, 0.29) is 5.56 Å². The van der Waals surface area contributed by atoms with Crippen molar-refractivity contribution in [2.24, 2.45) is 0 Å². The molecule has 0 saturated heterocycles. The van der Waals surface area contributed by atoms with Crippen molar-refractivity contribution in [1.29, 1.82) is 0 Å². The van der Waals surface area contributed by atoms with Crippen LogP contribution in [0.3, 0.4) is 0 Å². The molecule has 5 rings (SSSR count). The number of aromatic nitrogens is 3. The van der Waals surface area contributed by atoms with Crippen LogP contribution in [0.2, 0.25) is 0 Å². The van der Waals surface area contributed by atoms with Crippen molar-refractivity contribution in [2.45, 2.75) is 24.8 Å². The molecule has 0 amide bonds. The minimum absolute atomic E-state index is 0.0715. The van der Waals surface area contributed by atoms with E-state index in [0.29, 0.717) is 10.7 Å². The molecule has 0 unspecified atom stereocenters. The summed E-state index contributed by atoms with van der Waals surface area (Å²) < 4.78 is 1.75. The smallest absolute Gasteiger partial charge is 0.283 e. The maximum absolute atomic E-state index is 13.6. The monoisotopic (exact) mass is 411 g/mol. The van der Waals surface area contributed by atoms with Gasteiger partial charge in [-0.2, -0.15) is 0 Å². The highest BCUT2D eigenvalue weighted by atomic mass is 32.2. The van der Waals surface area contributed by atoms with Crippen LogP contribution in [0, 0.1) is 13.8 Å². The van der Waals surface area contributed by atoms with E-state index in [0.717, 1.165) is 33.4 Å². The Labute approximate surface area is 178 Å². The van der Waals surface area contributed by atoms with E-state index in [9.17, 15) is 4.79 Å². The lowest BCUT2D eigenvalue weighted by Crippen LogP contribution is -2.22. The Hall–Kier alpha value is -3.31. The molecule has 4 nitrogen and oxygen atoms in total. The number of fused-ring (bicyclic) bond motifs is 3. The van der Waals surface area contributed by atoms with Crippen LogP contribution in [0.5, 0.6) is 0 Å². The molecule has 0 aliphatic carbocycles. The first kappa shape index (κ1) is 18.7. The van der Waals surface area contributed by atoms with Gasteiger partial charge in [0.2, 0.25) is 0 Å². The molecule has 3 aromatic carbocycles. The van der Waals surface area contributed by atoms with Crippen LogP contribution in [0.15, 0.2) is 82.7 Å². The Morgan fingerprint density at radius 3 is 2.40 bits per heavy atom. The molecule has 0 bridgehead atoms. The van der Waals surface area contributed by atoms with E-state index < -0.39 is 0 Å². The van der Waals surface area contributed by atoms with Crippen molar-refractivity contribution in [3.05, 3.63) is 99.8 Å². The average Bonchev–Trinajstić information content (AvgIpc) is 3.13. The topological polar surface area (TPSA) is 50.7 Å². The van der Waals surface area contributed by atoms with Gasteiger partial charge in [0.05, 0.1) is 5.69 Å². The summed E-state index contributed by atoms with van der Waals surface area (Å²) in [6, 6.07) is 24.2. The third-order valence-corrected chi connectivity index (χ3v) is 6.46. The summed E-state index contributed by atoms with van der Waals surface area (Å²) in [5.74, 6) is 0.749. The molecule has 0 aliphatic heterocycles. The quantitative estimate of drug-likeness (QED) is 0.301. The highest BCUT2D eigenvalue weighted by Crippen LogP contribution is 2.29. The van der Waals surface area contributed by atoms with Crippen molar-refractivity contribution in [1.82, 2.24) is 14.5 Å². The minimum Gasteiger partial charge on any atom is -0.349 e. The predicted molar refractivity (Wildman–Crippen MR) is 125 cm³/mol. The molecule has 0 fully saturated rings. The van der Waals surface area contributed by atoms with E-state index in [4.69, 9.17) is 4.98 Å². The van der Waals surface area contributed by atoms with E-state index >= 15 is 0 Å². The van der Waals surface area contributed by atoms with Gasteiger partial charge in [-0.15, -0.1) is 0 Å². The normalized spacial score (nSPS) is 11.4. The van der Waals surface area contributed by atoms with Crippen molar-refractivity contribution >= 4 is 33.7 Å². The number of thioether (sulfide) groups is 1. The lowest BCUT2D eigenvalue weighted by molar-refractivity contribution is 0.813. The molecule has 148 valence electrons. The number of H-pyrrole nitrogens is 1. The highest BCUT2D eigenvalue weighted by molar-refractivity contribution is 7.98. The lowest BCUT2D eigenvalue weighted by Gasteiger charge is -2.14. The summed E-state index contributed by atoms with van der Waals surface area (Å²) in [5.41, 5.74) is 6.51. The molecule has 2 heterocycles. The van der Waals surface area contributed by atoms with Crippen LogP contribution in [-0.2, 0) is 5.75 Å². The number of hydrogen-bond donors (Lipinski definition) is 1. The molecule has 2 aromatic heterocycles. The molecule has 5 aromatic rings. The zero-order valence-electron chi connectivity index (χ0n) is 16.8. The van der Waals surface area contributed by atoms with Gasteiger partial charge in [0.1, 0.15) is 11.0 Å². The maximum atomic E-state index is 13.6. The Morgan fingerprint density at radius 1 is 0.900 bits per heavy atom. The van der Waals surface area contributed by atoms with Crippen LogP contribution in [0.4, 0.5) is 0 Å². The van der Waals surface area contributed by atoms with Gasteiger partial charge < -0.3 is 4.98 Å². The molecule has 30 heavy (non-hydrogen) atoms. The molecule has 0 spiro atoms. The third kappa shape index (κ3) is 3.12. The first-order valence-electron chi connectivity index (χ1n) is 9.90. The van der Waals surface area contributed by atoms with Gasteiger partial charge in [-0.25, -0.2) is 4.98 Å². The van der Waals surface area contributed by atoms with Crippen molar-refractivity contribution < 1.29 is 0 Å². The van der Waals surface area contributed by atoms with E-state index in [1.54, 1.807) is 16.3 Å². The third-order valence-electron chi connectivity index (χ3n) is 5.47. The lowest BCUT2D eigenvalue weighted by atomic mass is 10.1. The number of aryl methyl sites for hydroxylation is 2. The van der Waals surface area contributed by atoms with Crippen LogP contribution < -0.4 is 5.56 Å². The first-order valence-corrected chi connectivity index (χ1v) is 10.9. The molecule has 5 heteroatoms. The summed E-state index contributed by atoms with van der Waals surface area (Å²) >= 11 is 1.60. The van der Waals surface area contributed by atoms with Crippen LogP contribution in [0.25, 0.3) is 27.6 Å². The Balaban J connectivity index is 1.75. The minimum atomic E-state index is -0.0715. The standard InChI is InChI=1S/C25H21N3OS/c1-16-9-3-5-11-18(16)15-30-25-27-22-19-12-6-7-13-20(19)26-23(22)24(29)28(25)21-14-8-4-10-17(21)2/h3-14,26H,15H2,1-2H3. The fourth-order valence-electron chi connectivity index (χ4n) is 3.78. The first-order chi connectivity index (χ1) is 14.6. The van der Waals surface area contributed by atoms with E-state index in [1.807, 2.05) is 67.6 Å². The second-order valence-electron chi connectivity index (χ2n) is 7.43. The number of aromatic amines is 1. The number of hydrogen-bond acceptors (Lipinski definition) is 3. The van der Waals surface area contributed by atoms with Crippen LogP contribution in [-0.4, -0.2) is 14.5 Å². The summed E-state index contributed by atoms with van der Waals surface area (Å²) in [6.45, 7) is 4.13. The Morgan fingerprint density at radius 2 is 1.60 bits per heavy atom. The highest BCUT2D eigenvalue weighted by Gasteiger charge is 2.18. The van der Waals surface area contributed by atoms with E-state index in [1.165, 1.54) is 11.1 Å². The summed E-state index contributed by atoms with van der Waals surface area (Å²) in [5, 5.41) is 1.68. The predicted octanol–water partition coefficient (Wildman–Crippen LogP) is 5.78. The SMILES string of the molecule is Cc1ccccc1CSc1nc2c([nH]c3ccccc32)c(=O)n1-c1ccccc1C.